The van der Waals surface area contributed by atoms with E-state index in [9.17, 15) is 0 Å². The number of ether oxygens (including phenoxy) is 4. The molecule has 1 aromatic rings. The summed E-state index contributed by atoms with van der Waals surface area (Å²) in [5.74, 6) is 2.96. The van der Waals surface area contributed by atoms with Crippen molar-refractivity contribution in [3.05, 3.63) is 18.2 Å². The van der Waals surface area contributed by atoms with Crippen LogP contribution in [0.1, 0.15) is 12.8 Å². The Morgan fingerprint density at radius 3 is 2.10 bits per heavy atom. The summed E-state index contributed by atoms with van der Waals surface area (Å²) in [6.45, 7) is 4.96. The zero-order valence-corrected chi connectivity index (χ0v) is 20.7. The number of hydrogen-bond donors (Lipinski definition) is 2. The minimum atomic E-state index is 0. The number of hydrogen-bond acceptors (Lipinski definition) is 6. The molecule has 0 aliphatic rings. The highest BCUT2D eigenvalue weighted by Crippen LogP contribution is 2.27. The van der Waals surface area contributed by atoms with Gasteiger partial charge in [0.1, 0.15) is 17.2 Å². The first-order valence-corrected chi connectivity index (χ1v) is 9.60. The number of rotatable bonds is 14. The summed E-state index contributed by atoms with van der Waals surface area (Å²) in [6, 6.07) is 5.51. The molecule has 0 fully saturated rings. The Morgan fingerprint density at radius 2 is 1.52 bits per heavy atom. The van der Waals surface area contributed by atoms with Crippen molar-refractivity contribution in [2.24, 2.45) is 4.99 Å². The fourth-order valence-electron chi connectivity index (χ4n) is 2.51. The van der Waals surface area contributed by atoms with Crippen molar-refractivity contribution in [2.75, 3.05) is 74.8 Å². The van der Waals surface area contributed by atoms with Crippen LogP contribution in [-0.4, -0.2) is 85.7 Å². The average Bonchev–Trinajstić information content (AvgIpc) is 2.72. The van der Waals surface area contributed by atoms with Crippen LogP contribution < -0.4 is 24.8 Å². The predicted molar refractivity (Wildman–Crippen MR) is 128 cm³/mol. The predicted octanol–water partition coefficient (Wildman–Crippen LogP) is 2.22. The zero-order valence-electron chi connectivity index (χ0n) is 18.3. The van der Waals surface area contributed by atoms with Crippen LogP contribution in [0.3, 0.4) is 0 Å². The van der Waals surface area contributed by atoms with Crippen LogP contribution in [0.25, 0.3) is 0 Å². The van der Waals surface area contributed by atoms with Gasteiger partial charge in [-0.25, -0.2) is 0 Å². The Labute approximate surface area is 192 Å². The molecule has 0 radical (unpaired) electrons. The SMILES string of the molecule is CN=C(NCCCOc1cc(OC)cc(OC)c1)NCCN(C)CCCOC.I. The van der Waals surface area contributed by atoms with Crippen molar-refractivity contribution >= 4 is 29.9 Å². The minimum absolute atomic E-state index is 0. The van der Waals surface area contributed by atoms with E-state index in [1.807, 2.05) is 18.2 Å². The van der Waals surface area contributed by atoms with Gasteiger partial charge in [-0.15, -0.1) is 24.0 Å². The van der Waals surface area contributed by atoms with Crippen molar-refractivity contribution in [1.29, 1.82) is 0 Å². The van der Waals surface area contributed by atoms with E-state index >= 15 is 0 Å². The van der Waals surface area contributed by atoms with Gasteiger partial charge in [0.05, 0.1) is 20.8 Å². The van der Waals surface area contributed by atoms with Crippen LogP contribution in [0.15, 0.2) is 23.2 Å². The van der Waals surface area contributed by atoms with E-state index in [0.29, 0.717) is 18.1 Å². The maximum absolute atomic E-state index is 5.79. The van der Waals surface area contributed by atoms with Crippen molar-refractivity contribution in [2.45, 2.75) is 12.8 Å². The van der Waals surface area contributed by atoms with Gasteiger partial charge in [0.2, 0.25) is 0 Å². The number of aliphatic imine (C=N–C) groups is 1. The van der Waals surface area contributed by atoms with E-state index in [-0.39, 0.29) is 24.0 Å². The van der Waals surface area contributed by atoms with Crippen molar-refractivity contribution in [3.8, 4) is 17.2 Å². The van der Waals surface area contributed by atoms with Gasteiger partial charge in [-0.2, -0.15) is 0 Å². The lowest BCUT2D eigenvalue weighted by atomic mass is 10.3. The van der Waals surface area contributed by atoms with Gasteiger partial charge in [0, 0.05) is 65.1 Å². The average molecular weight is 524 g/mol. The lowest BCUT2D eigenvalue weighted by Gasteiger charge is -2.18. The fourth-order valence-corrected chi connectivity index (χ4v) is 2.51. The van der Waals surface area contributed by atoms with Gasteiger partial charge in [-0.1, -0.05) is 0 Å². The van der Waals surface area contributed by atoms with Gasteiger partial charge in [-0.05, 0) is 19.9 Å². The summed E-state index contributed by atoms with van der Waals surface area (Å²) >= 11 is 0. The molecule has 0 atom stereocenters. The topological polar surface area (TPSA) is 76.6 Å². The van der Waals surface area contributed by atoms with Gasteiger partial charge >= 0.3 is 0 Å². The molecule has 1 rings (SSSR count). The Hall–Kier alpha value is -1.46. The molecule has 0 aliphatic carbocycles. The Bertz CT molecular complexity index is 553. The Kier molecular flexibility index (Phi) is 16.5. The summed E-state index contributed by atoms with van der Waals surface area (Å²) in [7, 11) is 8.86. The van der Waals surface area contributed by atoms with Crippen LogP contribution in [0.4, 0.5) is 0 Å². The van der Waals surface area contributed by atoms with Crippen LogP contribution in [-0.2, 0) is 4.74 Å². The standard InChI is InChI=1S/C20H36N4O4.HI/c1-21-20(23-9-11-24(2)10-7-12-25-3)22-8-6-13-28-19-15-17(26-4)14-18(16-19)27-5;/h14-16H,6-13H2,1-5H3,(H2,21,22,23);1H. The highest BCUT2D eigenvalue weighted by atomic mass is 127. The first-order valence-electron chi connectivity index (χ1n) is 9.60. The minimum Gasteiger partial charge on any atom is -0.496 e. The third-order valence-electron chi connectivity index (χ3n) is 4.11. The first kappa shape index (κ1) is 27.5. The molecule has 0 amide bonds. The molecule has 2 N–H and O–H groups in total. The molecule has 0 heterocycles. The maximum atomic E-state index is 5.79. The van der Waals surface area contributed by atoms with Gasteiger partial charge < -0.3 is 34.5 Å². The lowest BCUT2D eigenvalue weighted by Crippen LogP contribution is -2.41. The monoisotopic (exact) mass is 524 g/mol. The van der Waals surface area contributed by atoms with Crippen LogP contribution in [0.2, 0.25) is 0 Å². The first-order chi connectivity index (χ1) is 13.6. The second-order valence-electron chi connectivity index (χ2n) is 6.33. The van der Waals surface area contributed by atoms with Crippen molar-refractivity contribution in [3.63, 3.8) is 0 Å². The number of nitrogens with one attached hydrogen (secondary N) is 2. The molecule has 9 heteroatoms. The number of nitrogens with zero attached hydrogens (tertiary/aromatic N) is 2. The van der Waals surface area contributed by atoms with E-state index in [0.717, 1.165) is 57.3 Å². The highest BCUT2D eigenvalue weighted by Gasteiger charge is 2.03. The molecule has 29 heavy (non-hydrogen) atoms. The summed E-state index contributed by atoms with van der Waals surface area (Å²) in [5, 5.41) is 6.62. The van der Waals surface area contributed by atoms with Crippen LogP contribution >= 0.6 is 24.0 Å². The third-order valence-corrected chi connectivity index (χ3v) is 4.11. The molecule has 0 bridgehead atoms. The largest absolute Gasteiger partial charge is 0.496 e. The molecule has 0 spiro atoms. The number of likely N-dealkylation sites (N-methyl/N-ethyl adjacent to an activating group) is 1. The molecular weight excluding hydrogens is 487 g/mol. The summed E-state index contributed by atoms with van der Waals surface area (Å²) in [4.78, 5) is 6.52. The summed E-state index contributed by atoms with van der Waals surface area (Å²) < 4.78 is 21.4. The molecule has 0 saturated carbocycles. The van der Waals surface area contributed by atoms with E-state index in [1.165, 1.54) is 0 Å². The lowest BCUT2D eigenvalue weighted by molar-refractivity contribution is 0.180. The van der Waals surface area contributed by atoms with E-state index in [1.54, 1.807) is 28.4 Å². The van der Waals surface area contributed by atoms with Crippen LogP contribution in [0, 0.1) is 0 Å². The molecule has 1 aromatic carbocycles. The summed E-state index contributed by atoms with van der Waals surface area (Å²) in [6.07, 6.45) is 1.89. The van der Waals surface area contributed by atoms with E-state index < -0.39 is 0 Å². The quantitative estimate of drug-likeness (QED) is 0.167. The Morgan fingerprint density at radius 1 is 0.897 bits per heavy atom. The fraction of sp³-hybridized carbons (Fsp3) is 0.650. The van der Waals surface area contributed by atoms with Crippen molar-refractivity contribution < 1.29 is 18.9 Å². The van der Waals surface area contributed by atoms with Crippen molar-refractivity contribution in [1.82, 2.24) is 15.5 Å². The number of halogens is 1. The molecule has 0 unspecified atom stereocenters. The molecular formula is C20H37IN4O4. The third kappa shape index (κ3) is 12.7. The van der Waals surface area contributed by atoms with E-state index in [4.69, 9.17) is 18.9 Å². The number of benzene rings is 1. The molecule has 0 saturated heterocycles. The second-order valence-corrected chi connectivity index (χ2v) is 6.33. The normalized spacial score (nSPS) is 11.0. The maximum Gasteiger partial charge on any atom is 0.191 e. The molecule has 0 aliphatic heterocycles. The van der Waals surface area contributed by atoms with Gasteiger partial charge in [0.15, 0.2) is 5.96 Å². The number of methoxy groups -OCH3 is 3. The highest BCUT2D eigenvalue weighted by molar-refractivity contribution is 14.0. The van der Waals surface area contributed by atoms with Gasteiger partial charge in [-0.3, -0.25) is 4.99 Å². The Balaban J connectivity index is 0.00000784. The smallest absolute Gasteiger partial charge is 0.191 e. The molecule has 8 nitrogen and oxygen atoms in total. The second kappa shape index (κ2) is 17.4. The zero-order chi connectivity index (χ0) is 20.6. The number of guanidine groups is 1. The molecule has 0 aromatic heterocycles. The van der Waals surface area contributed by atoms with E-state index in [2.05, 4.69) is 27.6 Å². The van der Waals surface area contributed by atoms with Gasteiger partial charge in [0.25, 0.3) is 0 Å². The molecule has 168 valence electrons. The summed E-state index contributed by atoms with van der Waals surface area (Å²) in [5.41, 5.74) is 0. The van der Waals surface area contributed by atoms with Crippen LogP contribution in [0.5, 0.6) is 17.2 Å².